The minimum Gasteiger partial charge on any atom is -0.466 e. The summed E-state index contributed by atoms with van der Waals surface area (Å²) in [5.74, 6) is 0.893. The Morgan fingerprint density at radius 2 is 1.83 bits per heavy atom. The summed E-state index contributed by atoms with van der Waals surface area (Å²) in [4.78, 5) is 21.5. The number of likely N-dealkylation sites (tertiary alicyclic amines) is 1. The lowest BCUT2D eigenvalue weighted by molar-refractivity contribution is -0.149. The van der Waals surface area contributed by atoms with Crippen LogP contribution in [0.2, 0.25) is 0 Å². The summed E-state index contributed by atoms with van der Waals surface area (Å²) < 4.78 is 5.19. The van der Waals surface area contributed by atoms with Crippen LogP contribution in [0.25, 0.3) is 0 Å². The Hall–Kier alpha value is -1.35. The van der Waals surface area contributed by atoms with Gasteiger partial charge < -0.3 is 19.9 Å². The Labute approximate surface area is 199 Å². The molecule has 1 heterocycles. The highest BCUT2D eigenvalue weighted by molar-refractivity contribution is 14.0. The van der Waals surface area contributed by atoms with Gasteiger partial charge in [-0.25, -0.2) is 0 Å². The fourth-order valence-electron chi connectivity index (χ4n) is 3.73. The number of ether oxygens (including phenoxy) is 1. The highest BCUT2D eigenvalue weighted by Crippen LogP contribution is 2.21. The quantitative estimate of drug-likeness (QED) is 0.241. The minimum atomic E-state index is -0.0581. The van der Waals surface area contributed by atoms with Gasteiger partial charge in [-0.05, 0) is 58.3 Å². The third-order valence-corrected chi connectivity index (χ3v) is 5.56. The van der Waals surface area contributed by atoms with Crippen molar-refractivity contribution >= 4 is 35.9 Å². The molecule has 1 unspecified atom stereocenters. The molecular formula is C23H39IN4O2. The lowest BCUT2D eigenvalue weighted by Crippen LogP contribution is -2.47. The first-order valence-electron chi connectivity index (χ1n) is 10.9. The molecule has 0 aliphatic carbocycles. The van der Waals surface area contributed by atoms with E-state index in [2.05, 4.69) is 67.3 Å². The zero-order chi connectivity index (χ0) is 21.2. The van der Waals surface area contributed by atoms with Gasteiger partial charge in [-0.2, -0.15) is 0 Å². The molecule has 0 saturated carbocycles. The van der Waals surface area contributed by atoms with E-state index >= 15 is 0 Å². The fraction of sp³-hybridized carbons (Fsp3) is 0.652. The number of carbonyl (C=O) groups is 1. The van der Waals surface area contributed by atoms with Crippen molar-refractivity contribution in [2.24, 2.45) is 10.9 Å². The lowest BCUT2D eigenvalue weighted by atomic mass is 9.97. The van der Waals surface area contributed by atoms with Crippen LogP contribution in [-0.4, -0.2) is 68.6 Å². The number of benzene rings is 1. The molecule has 170 valence electrons. The Kier molecular flexibility index (Phi) is 12.3. The number of rotatable bonds is 8. The van der Waals surface area contributed by atoms with Crippen LogP contribution in [0, 0.1) is 5.92 Å². The van der Waals surface area contributed by atoms with E-state index < -0.39 is 0 Å². The number of aryl methyl sites for hydroxylation is 1. The van der Waals surface area contributed by atoms with Gasteiger partial charge >= 0.3 is 5.97 Å². The first kappa shape index (κ1) is 26.7. The van der Waals surface area contributed by atoms with Crippen molar-refractivity contribution < 1.29 is 9.53 Å². The predicted molar refractivity (Wildman–Crippen MR) is 135 cm³/mol. The van der Waals surface area contributed by atoms with Crippen LogP contribution < -0.4 is 5.32 Å². The zero-order valence-corrected chi connectivity index (χ0v) is 21.5. The highest BCUT2D eigenvalue weighted by atomic mass is 127. The summed E-state index contributed by atoms with van der Waals surface area (Å²) in [5, 5.41) is 3.43. The maximum absolute atomic E-state index is 12.0. The maximum atomic E-state index is 12.0. The predicted octanol–water partition coefficient (Wildman–Crippen LogP) is 3.71. The van der Waals surface area contributed by atoms with E-state index in [9.17, 15) is 4.79 Å². The summed E-state index contributed by atoms with van der Waals surface area (Å²) in [7, 11) is 4.21. The molecule has 1 aliphatic heterocycles. The molecule has 1 aromatic rings. The number of carbonyl (C=O) groups excluding carboxylic acids is 1. The van der Waals surface area contributed by atoms with Crippen molar-refractivity contribution in [3.05, 3.63) is 35.4 Å². The molecule has 0 radical (unpaired) electrons. The van der Waals surface area contributed by atoms with Crippen LogP contribution in [0.15, 0.2) is 29.3 Å². The Morgan fingerprint density at radius 1 is 1.20 bits per heavy atom. The van der Waals surface area contributed by atoms with E-state index in [1.165, 1.54) is 11.1 Å². The van der Waals surface area contributed by atoms with Gasteiger partial charge in [0.15, 0.2) is 5.96 Å². The number of hydrogen-bond acceptors (Lipinski definition) is 4. The van der Waals surface area contributed by atoms with Crippen molar-refractivity contribution in [3.63, 3.8) is 0 Å². The summed E-state index contributed by atoms with van der Waals surface area (Å²) in [5.41, 5.74) is 2.64. The third kappa shape index (κ3) is 7.72. The molecular weight excluding hydrogens is 491 g/mol. The highest BCUT2D eigenvalue weighted by Gasteiger charge is 2.27. The van der Waals surface area contributed by atoms with E-state index in [0.29, 0.717) is 13.2 Å². The molecule has 0 amide bonds. The number of piperidine rings is 1. The third-order valence-electron chi connectivity index (χ3n) is 5.56. The van der Waals surface area contributed by atoms with Gasteiger partial charge in [-0.1, -0.05) is 31.2 Å². The van der Waals surface area contributed by atoms with Gasteiger partial charge in [0.2, 0.25) is 0 Å². The number of halogens is 1. The number of nitrogens with one attached hydrogen (secondary N) is 1. The SMILES string of the molecule is CCNC(=NCC(c1ccc(CC)cc1)N(C)C)N1CCC(C(=O)OCC)CC1.I. The van der Waals surface area contributed by atoms with Crippen LogP contribution >= 0.6 is 24.0 Å². The molecule has 1 fully saturated rings. The smallest absolute Gasteiger partial charge is 0.309 e. The molecule has 0 spiro atoms. The first-order chi connectivity index (χ1) is 14.0. The van der Waals surface area contributed by atoms with Gasteiger partial charge in [-0.15, -0.1) is 24.0 Å². The average molecular weight is 530 g/mol. The average Bonchev–Trinajstić information content (AvgIpc) is 2.73. The van der Waals surface area contributed by atoms with Gasteiger partial charge in [0.25, 0.3) is 0 Å². The molecule has 1 N–H and O–H groups in total. The van der Waals surface area contributed by atoms with E-state index in [-0.39, 0.29) is 41.9 Å². The van der Waals surface area contributed by atoms with Crippen molar-refractivity contribution in [2.45, 2.75) is 46.1 Å². The molecule has 1 aromatic carbocycles. The molecule has 1 saturated heterocycles. The second kappa shape index (κ2) is 13.9. The standard InChI is InChI=1S/C23H38N4O2.HI/c1-6-18-9-11-19(12-10-18)21(26(4)5)17-25-23(24-7-2)27-15-13-20(14-16-27)22(28)29-8-3;/h9-12,20-21H,6-8,13-17H2,1-5H3,(H,24,25);1H. The van der Waals surface area contributed by atoms with Crippen LogP contribution in [0.5, 0.6) is 0 Å². The van der Waals surface area contributed by atoms with Gasteiger partial charge in [0, 0.05) is 19.6 Å². The number of esters is 1. The number of guanidine groups is 1. The van der Waals surface area contributed by atoms with Gasteiger partial charge in [-0.3, -0.25) is 9.79 Å². The molecule has 1 aliphatic rings. The van der Waals surface area contributed by atoms with E-state index in [1.807, 2.05) is 6.92 Å². The first-order valence-corrected chi connectivity index (χ1v) is 10.9. The van der Waals surface area contributed by atoms with E-state index in [0.717, 1.165) is 44.9 Å². The van der Waals surface area contributed by atoms with Crippen LogP contribution in [-0.2, 0) is 16.0 Å². The Balaban J connectivity index is 0.00000450. The van der Waals surface area contributed by atoms with Crippen molar-refractivity contribution in [3.8, 4) is 0 Å². The van der Waals surface area contributed by atoms with Crippen LogP contribution in [0.1, 0.15) is 50.8 Å². The minimum absolute atomic E-state index is 0. The number of nitrogens with zero attached hydrogens (tertiary/aromatic N) is 3. The summed E-state index contributed by atoms with van der Waals surface area (Å²) >= 11 is 0. The molecule has 1 atom stereocenters. The molecule has 30 heavy (non-hydrogen) atoms. The summed E-state index contributed by atoms with van der Waals surface area (Å²) in [6, 6.07) is 9.08. The molecule has 0 bridgehead atoms. The molecule has 2 rings (SSSR count). The van der Waals surface area contributed by atoms with Crippen LogP contribution in [0.3, 0.4) is 0 Å². The van der Waals surface area contributed by atoms with E-state index in [1.54, 1.807) is 0 Å². The Bertz CT molecular complexity index is 656. The Morgan fingerprint density at radius 3 is 2.33 bits per heavy atom. The van der Waals surface area contributed by atoms with Gasteiger partial charge in [0.1, 0.15) is 0 Å². The summed E-state index contributed by atoms with van der Waals surface area (Å²) in [6.07, 6.45) is 2.69. The van der Waals surface area contributed by atoms with Crippen molar-refractivity contribution in [2.75, 3.05) is 46.9 Å². The fourth-order valence-corrected chi connectivity index (χ4v) is 3.73. The monoisotopic (exact) mass is 530 g/mol. The maximum Gasteiger partial charge on any atom is 0.309 e. The number of likely N-dealkylation sites (N-methyl/N-ethyl adjacent to an activating group) is 1. The number of aliphatic imine (C=N–C) groups is 1. The van der Waals surface area contributed by atoms with Crippen molar-refractivity contribution in [1.82, 2.24) is 15.1 Å². The lowest BCUT2D eigenvalue weighted by Gasteiger charge is -2.34. The largest absolute Gasteiger partial charge is 0.466 e. The molecule has 0 aromatic heterocycles. The zero-order valence-electron chi connectivity index (χ0n) is 19.2. The second-order valence-electron chi connectivity index (χ2n) is 7.78. The second-order valence-corrected chi connectivity index (χ2v) is 7.78. The number of hydrogen-bond donors (Lipinski definition) is 1. The topological polar surface area (TPSA) is 57.2 Å². The van der Waals surface area contributed by atoms with Crippen LogP contribution in [0.4, 0.5) is 0 Å². The molecule has 7 heteroatoms. The van der Waals surface area contributed by atoms with Crippen molar-refractivity contribution in [1.29, 1.82) is 0 Å². The van der Waals surface area contributed by atoms with E-state index in [4.69, 9.17) is 9.73 Å². The molecule has 6 nitrogen and oxygen atoms in total. The normalized spacial score (nSPS) is 16.2. The van der Waals surface area contributed by atoms with Gasteiger partial charge in [0.05, 0.1) is 25.1 Å². The summed E-state index contributed by atoms with van der Waals surface area (Å²) in [6.45, 7) is 9.76.